The van der Waals surface area contributed by atoms with Crippen LogP contribution in [0.5, 0.6) is 5.75 Å². The molecule has 0 saturated heterocycles. The predicted octanol–water partition coefficient (Wildman–Crippen LogP) is 4.28. The fourth-order valence-electron chi connectivity index (χ4n) is 2.79. The van der Waals surface area contributed by atoms with E-state index in [1.807, 2.05) is 18.2 Å². The first-order valence-corrected chi connectivity index (χ1v) is 8.32. The molecule has 0 fully saturated rings. The van der Waals surface area contributed by atoms with Gasteiger partial charge in [0, 0.05) is 0 Å². The fourth-order valence-corrected chi connectivity index (χ4v) is 2.79. The first-order valence-electron chi connectivity index (χ1n) is 8.32. The number of benzene rings is 2. The number of aryl methyl sites for hydroxylation is 2. The van der Waals surface area contributed by atoms with Crippen molar-refractivity contribution >= 4 is 0 Å². The topological polar surface area (TPSA) is 23.5 Å². The first-order chi connectivity index (χ1) is 10.8. The third-order valence-electron chi connectivity index (χ3n) is 4.14. The van der Waals surface area contributed by atoms with E-state index in [2.05, 4.69) is 42.2 Å². The molecular weight excluding hydrogens is 270 g/mol. The van der Waals surface area contributed by atoms with Crippen molar-refractivity contribution in [2.75, 3.05) is 19.6 Å². The molecule has 2 aromatic carbocycles. The second-order valence-electron chi connectivity index (χ2n) is 5.76. The Morgan fingerprint density at radius 2 is 1.45 bits per heavy atom. The van der Waals surface area contributed by atoms with E-state index in [4.69, 9.17) is 0 Å². The molecule has 0 saturated carbocycles. The molecule has 0 spiro atoms. The van der Waals surface area contributed by atoms with Crippen LogP contribution in [0.15, 0.2) is 54.6 Å². The standard InChI is InChI=1S/C20H27NO/c1-2-21(16-8-12-18-10-4-3-5-11-18)17-9-14-19-13-6-7-15-20(19)22/h3-7,10-11,13,15,22H,2,8-9,12,14,16-17H2,1H3. The summed E-state index contributed by atoms with van der Waals surface area (Å²) in [6.45, 7) is 5.56. The Bertz CT molecular complexity index is 538. The van der Waals surface area contributed by atoms with Crippen molar-refractivity contribution in [2.24, 2.45) is 0 Å². The summed E-state index contributed by atoms with van der Waals surface area (Å²) in [6.07, 6.45) is 4.39. The van der Waals surface area contributed by atoms with Crippen LogP contribution in [-0.2, 0) is 12.8 Å². The molecule has 0 atom stereocenters. The molecule has 0 aliphatic carbocycles. The number of hydrogen-bond acceptors (Lipinski definition) is 2. The summed E-state index contributed by atoms with van der Waals surface area (Å²) in [4.78, 5) is 2.50. The lowest BCUT2D eigenvalue weighted by atomic mass is 10.1. The molecule has 2 rings (SSSR count). The average Bonchev–Trinajstić information content (AvgIpc) is 2.56. The summed E-state index contributed by atoms with van der Waals surface area (Å²) >= 11 is 0. The number of rotatable bonds is 9. The molecule has 118 valence electrons. The fraction of sp³-hybridized carbons (Fsp3) is 0.400. The van der Waals surface area contributed by atoms with Crippen LogP contribution in [0.25, 0.3) is 0 Å². The SMILES string of the molecule is CCN(CCCc1ccccc1)CCCc1ccccc1O. The van der Waals surface area contributed by atoms with Crippen LogP contribution in [-0.4, -0.2) is 29.6 Å². The van der Waals surface area contributed by atoms with E-state index in [1.54, 1.807) is 6.07 Å². The Morgan fingerprint density at radius 1 is 0.818 bits per heavy atom. The molecule has 22 heavy (non-hydrogen) atoms. The summed E-state index contributed by atoms with van der Waals surface area (Å²) in [7, 11) is 0. The molecule has 0 amide bonds. The van der Waals surface area contributed by atoms with E-state index in [-0.39, 0.29) is 0 Å². The molecule has 0 unspecified atom stereocenters. The minimum atomic E-state index is 0.426. The van der Waals surface area contributed by atoms with Crippen molar-refractivity contribution in [1.82, 2.24) is 4.90 Å². The lowest BCUT2D eigenvalue weighted by Crippen LogP contribution is -2.26. The summed E-state index contributed by atoms with van der Waals surface area (Å²) in [5, 5.41) is 9.79. The van der Waals surface area contributed by atoms with Crippen molar-refractivity contribution in [2.45, 2.75) is 32.6 Å². The van der Waals surface area contributed by atoms with Gasteiger partial charge in [-0.3, -0.25) is 0 Å². The highest BCUT2D eigenvalue weighted by Crippen LogP contribution is 2.17. The van der Waals surface area contributed by atoms with Crippen molar-refractivity contribution in [3.05, 3.63) is 65.7 Å². The molecule has 1 N–H and O–H groups in total. The maximum atomic E-state index is 9.79. The Morgan fingerprint density at radius 3 is 2.14 bits per heavy atom. The van der Waals surface area contributed by atoms with Gasteiger partial charge in [0.05, 0.1) is 0 Å². The minimum absolute atomic E-state index is 0.426. The zero-order chi connectivity index (χ0) is 15.6. The van der Waals surface area contributed by atoms with Gasteiger partial charge in [-0.05, 0) is 62.5 Å². The van der Waals surface area contributed by atoms with Crippen LogP contribution in [0.3, 0.4) is 0 Å². The Kier molecular flexibility index (Phi) is 6.98. The summed E-state index contributed by atoms with van der Waals surface area (Å²) in [6, 6.07) is 18.4. The molecule has 2 aromatic rings. The third-order valence-corrected chi connectivity index (χ3v) is 4.14. The zero-order valence-corrected chi connectivity index (χ0v) is 13.5. The van der Waals surface area contributed by atoms with Gasteiger partial charge in [-0.15, -0.1) is 0 Å². The van der Waals surface area contributed by atoms with Gasteiger partial charge < -0.3 is 10.0 Å². The van der Waals surface area contributed by atoms with Crippen LogP contribution in [0.2, 0.25) is 0 Å². The number of aromatic hydroxyl groups is 1. The van der Waals surface area contributed by atoms with Crippen LogP contribution in [0.4, 0.5) is 0 Å². The van der Waals surface area contributed by atoms with E-state index < -0.39 is 0 Å². The molecule has 0 radical (unpaired) electrons. The maximum absolute atomic E-state index is 9.79. The maximum Gasteiger partial charge on any atom is 0.118 e. The average molecular weight is 297 g/mol. The van der Waals surface area contributed by atoms with Crippen molar-refractivity contribution in [3.63, 3.8) is 0 Å². The van der Waals surface area contributed by atoms with Crippen LogP contribution in [0, 0.1) is 0 Å². The van der Waals surface area contributed by atoms with Gasteiger partial charge in [0.1, 0.15) is 5.75 Å². The highest BCUT2D eigenvalue weighted by molar-refractivity contribution is 5.31. The molecule has 0 aliphatic rings. The lowest BCUT2D eigenvalue weighted by Gasteiger charge is -2.20. The summed E-state index contributed by atoms with van der Waals surface area (Å²) in [5.74, 6) is 0.426. The number of phenolic OH excluding ortho intramolecular Hbond substituents is 1. The molecule has 2 heteroatoms. The molecule has 0 aliphatic heterocycles. The molecular formula is C20H27NO. The van der Waals surface area contributed by atoms with Gasteiger partial charge in [0.25, 0.3) is 0 Å². The third kappa shape index (κ3) is 5.53. The quantitative estimate of drug-likeness (QED) is 0.747. The smallest absolute Gasteiger partial charge is 0.118 e. The molecule has 0 bridgehead atoms. The number of nitrogens with zero attached hydrogens (tertiary/aromatic N) is 1. The zero-order valence-electron chi connectivity index (χ0n) is 13.5. The van der Waals surface area contributed by atoms with E-state index in [9.17, 15) is 5.11 Å². The molecule has 0 aromatic heterocycles. The first kappa shape index (κ1) is 16.6. The van der Waals surface area contributed by atoms with E-state index in [0.717, 1.165) is 44.5 Å². The van der Waals surface area contributed by atoms with Gasteiger partial charge in [0.15, 0.2) is 0 Å². The van der Waals surface area contributed by atoms with E-state index in [0.29, 0.717) is 5.75 Å². The summed E-state index contributed by atoms with van der Waals surface area (Å²) < 4.78 is 0. The van der Waals surface area contributed by atoms with Gasteiger partial charge in [-0.1, -0.05) is 55.5 Å². The van der Waals surface area contributed by atoms with E-state index in [1.165, 1.54) is 12.0 Å². The minimum Gasteiger partial charge on any atom is -0.508 e. The predicted molar refractivity (Wildman–Crippen MR) is 93.3 cm³/mol. The van der Waals surface area contributed by atoms with Gasteiger partial charge in [-0.2, -0.15) is 0 Å². The monoisotopic (exact) mass is 297 g/mol. The van der Waals surface area contributed by atoms with Crippen molar-refractivity contribution in [3.8, 4) is 5.75 Å². The second-order valence-corrected chi connectivity index (χ2v) is 5.76. The van der Waals surface area contributed by atoms with Crippen LogP contribution in [0.1, 0.15) is 30.9 Å². The van der Waals surface area contributed by atoms with Gasteiger partial charge in [-0.25, -0.2) is 0 Å². The highest BCUT2D eigenvalue weighted by Gasteiger charge is 2.04. The largest absolute Gasteiger partial charge is 0.508 e. The van der Waals surface area contributed by atoms with Gasteiger partial charge in [0.2, 0.25) is 0 Å². The van der Waals surface area contributed by atoms with Crippen molar-refractivity contribution in [1.29, 1.82) is 0 Å². The number of phenols is 1. The molecule has 2 nitrogen and oxygen atoms in total. The van der Waals surface area contributed by atoms with Crippen LogP contribution < -0.4 is 0 Å². The van der Waals surface area contributed by atoms with Crippen LogP contribution >= 0.6 is 0 Å². The normalized spacial score (nSPS) is 11.0. The summed E-state index contributed by atoms with van der Waals surface area (Å²) in [5.41, 5.74) is 2.48. The van der Waals surface area contributed by atoms with Gasteiger partial charge >= 0.3 is 0 Å². The Labute approximate surface area is 134 Å². The Balaban J connectivity index is 1.68. The Hall–Kier alpha value is -1.80. The van der Waals surface area contributed by atoms with Crippen molar-refractivity contribution < 1.29 is 5.11 Å². The highest BCUT2D eigenvalue weighted by atomic mass is 16.3. The van der Waals surface area contributed by atoms with E-state index >= 15 is 0 Å². The number of para-hydroxylation sites is 1. The molecule has 0 heterocycles. The second kappa shape index (κ2) is 9.26. The number of hydrogen-bond donors (Lipinski definition) is 1. The lowest BCUT2D eigenvalue weighted by molar-refractivity contribution is 0.281.